The summed E-state index contributed by atoms with van der Waals surface area (Å²) < 4.78 is 9.80. The van der Waals surface area contributed by atoms with Crippen LogP contribution in [0.15, 0.2) is 0 Å². The zero-order chi connectivity index (χ0) is 16.9. The van der Waals surface area contributed by atoms with Crippen LogP contribution >= 0.6 is 22.6 Å². The van der Waals surface area contributed by atoms with Gasteiger partial charge in [-0.05, 0) is 0 Å². The summed E-state index contributed by atoms with van der Waals surface area (Å²) in [6.07, 6.45) is -8.48. The highest BCUT2D eigenvalue weighted by Crippen LogP contribution is 2.22. The summed E-state index contributed by atoms with van der Waals surface area (Å²) in [4.78, 5) is 11.0. The molecule has 1 rings (SSSR count). The summed E-state index contributed by atoms with van der Waals surface area (Å²) in [6, 6.07) is -0.971. The smallest absolute Gasteiger partial charge is 0.281 e. The van der Waals surface area contributed by atoms with E-state index in [2.05, 4.69) is 5.32 Å². The number of aliphatic hydroxyl groups is 6. The van der Waals surface area contributed by atoms with Gasteiger partial charge in [0.2, 0.25) is 0 Å². The Hall–Kier alpha value is -0.120. The van der Waals surface area contributed by atoms with Crippen molar-refractivity contribution in [2.45, 2.75) is 42.9 Å². The molecule has 0 aromatic rings. The van der Waals surface area contributed by atoms with Crippen molar-refractivity contribution in [1.82, 2.24) is 5.32 Å². The molecule has 1 amide bonds. The van der Waals surface area contributed by atoms with Gasteiger partial charge in [-0.25, -0.2) is 0 Å². The van der Waals surface area contributed by atoms with Crippen molar-refractivity contribution in [1.29, 1.82) is 0 Å². The fourth-order valence-corrected chi connectivity index (χ4v) is 2.33. The SMILES string of the molecule is O=C(I)N[C@@H](CO[C@H]1OC(CO)[C@H](O)[C@H](O)C1O)[C@H](O)CO. The predicted molar refractivity (Wildman–Crippen MR) is 79.2 cm³/mol. The zero-order valence-corrected chi connectivity index (χ0v) is 13.6. The summed E-state index contributed by atoms with van der Waals surface area (Å²) >= 11 is 1.44. The highest BCUT2D eigenvalue weighted by molar-refractivity contribution is 14.1. The molecule has 0 aromatic heterocycles. The van der Waals surface area contributed by atoms with Gasteiger partial charge < -0.3 is 45.4 Å². The van der Waals surface area contributed by atoms with E-state index in [0.717, 1.165) is 0 Å². The topological polar surface area (TPSA) is 169 Å². The van der Waals surface area contributed by atoms with Crippen LogP contribution in [0, 0.1) is 0 Å². The number of nitrogens with one attached hydrogen (secondary N) is 1. The molecule has 0 spiro atoms. The molecule has 1 aliphatic heterocycles. The van der Waals surface area contributed by atoms with Crippen LogP contribution in [0.1, 0.15) is 0 Å². The molecule has 7 N–H and O–H groups in total. The maximum atomic E-state index is 11.0. The normalized spacial score (nSPS) is 35.0. The first-order valence-corrected chi connectivity index (χ1v) is 7.56. The lowest BCUT2D eigenvalue weighted by atomic mass is 9.99. The third-order valence-corrected chi connectivity index (χ3v) is 3.55. The van der Waals surface area contributed by atoms with Gasteiger partial charge in [0.1, 0.15) is 24.4 Å². The summed E-state index contributed by atoms with van der Waals surface area (Å²) in [6.45, 7) is -1.56. The second kappa shape index (κ2) is 9.24. The maximum absolute atomic E-state index is 11.0. The number of aliphatic hydroxyl groups excluding tert-OH is 6. The Bertz CT molecular complexity index is 358. The molecule has 0 aromatic carbocycles. The van der Waals surface area contributed by atoms with E-state index in [1.54, 1.807) is 0 Å². The third kappa shape index (κ3) is 5.21. The molecule has 1 heterocycles. The van der Waals surface area contributed by atoms with Gasteiger partial charge in [0.25, 0.3) is 3.91 Å². The van der Waals surface area contributed by atoms with Crippen molar-refractivity contribution in [3.8, 4) is 0 Å². The number of halogens is 1. The first-order valence-electron chi connectivity index (χ1n) is 6.48. The van der Waals surface area contributed by atoms with Gasteiger partial charge in [-0.3, -0.25) is 4.79 Å². The Morgan fingerprint density at radius 1 is 1.23 bits per heavy atom. The Morgan fingerprint density at radius 3 is 2.36 bits per heavy atom. The minimum absolute atomic E-state index is 0.334. The van der Waals surface area contributed by atoms with E-state index in [1.165, 1.54) is 22.6 Å². The van der Waals surface area contributed by atoms with E-state index >= 15 is 0 Å². The number of rotatable bonds is 7. The van der Waals surface area contributed by atoms with E-state index in [0.29, 0.717) is 0 Å². The lowest BCUT2D eigenvalue weighted by Crippen LogP contribution is -2.60. The molecule has 22 heavy (non-hydrogen) atoms. The number of hydrogen-bond acceptors (Lipinski definition) is 9. The fourth-order valence-electron chi connectivity index (χ4n) is 1.93. The molecule has 0 bridgehead atoms. The first kappa shape index (κ1) is 19.9. The van der Waals surface area contributed by atoms with Crippen LogP contribution in [-0.2, 0) is 9.47 Å². The Kier molecular flexibility index (Phi) is 8.37. The highest BCUT2D eigenvalue weighted by atomic mass is 127. The highest BCUT2D eigenvalue weighted by Gasteiger charge is 2.44. The van der Waals surface area contributed by atoms with E-state index in [1.807, 2.05) is 0 Å². The van der Waals surface area contributed by atoms with Crippen LogP contribution in [0.2, 0.25) is 0 Å². The van der Waals surface area contributed by atoms with Crippen molar-refractivity contribution in [3.05, 3.63) is 0 Å². The molecule has 130 valence electrons. The quantitative estimate of drug-likeness (QED) is 0.122. The van der Waals surface area contributed by atoms with Crippen LogP contribution in [0.3, 0.4) is 0 Å². The number of carbonyl (C=O) groups excluding carboxylic acids is 1. The molecule has 1 aliphatic rings. The van der Waals surface area contributed by atoms with E-state index < -0.39 is 60.0 Å². The molecular formula is C11H20INO9. The Morgan fingerprint density at radius 2 is 1.86 bits per heavy atom. The average molecular weight is 437 g/mol. The molecule has 2 unspecified atom stereocenters. The second-order valence-corrected chi connectivity index (χ2v) is 5.78. The molecule has 11 heteroatoms. The van der Waals surface area contributed by atoms with Crippen LogP contribution in [-0.4, -0.2) is 97.2 Å². The van der Waals surface area contributed by atoms with E-state index in [9.17, 15) is 25.2 Å². The van der Waals surface area contributed by atoms with Gasteiger partial charge in [0, 0.05) is 22.6 Å². The molecule has 1 saturated heterocycles. The number of carbonyl (C=O) groups is 1. The number of ether oxygens (including phenoxy) is 2. The van der Waals surface area contributed by atoms with Crippen LogP contribution < -0.4 is 5.32 Å². The third-order valence-electron chi connectivity index (χ3n) is 3.24. The average Bonchev–Trinajstić information content (AvgIpc) is 2.49. The summed E-state index contributed by atoms with van der Waals surface area (Å²) in [7, 11) is 0. The fraction of sp³-hybridized carbons (Fsp3) is 0.909. The summed E-state index contributed by atoms with van der Waals surface area (Å²) in [5.41, 5.74) is 0. The van der Waals surface area contributed by atoms with Crippen LogP contribution in [0.5, 0.6) is 0 Å². The van der Waals surface area contributed by atoms with Crippen LogP contribution in [0.25, 0.3) is 0 Å². The van der Waals surface area contributed by atoms with Gasteiger partial charge in [-0.15, -0.1) is 0 Å². The zero-order valence-electron chi connectivity index (χ0n) is 11.4. The van der Waals surface area contributed by atoms with Crippen molar-refractivity contribution in [3.63, 3.8) is 0 Å². The monoisotopic (exact) mass is 437 g/mol. The number of amides is 1. The molecule has 1 fully saturated rings. The van der Waals surface area contributed by atoms with E-state index in [4.69, 9.17) is 19.7 Å². The Balaban J connectivity index is 2.64. The van der Waals surface area contributed by atoms with Crippen LogP contribution in [0.4, 0.5) is 4.79 Å². The largest absolute Gasteiger partial charge is 0.394 e. The minimum atomic E-state index is -1.59. The predicted octanol–water partition coefficient (Wildman–Crippen LogP) is -3.33. The van der Waals surface area contributed by atoms with Gasteiger partial charge >= 0.3 is 0 Å². The van der Waals surface area contributed by atoms with Crippen molar-refractivity contribution < 1.29 is 44.9 Å². The molecule has 0 aliphatic carbocycles. The standard InChI is InChI=1S/C11H20INO9/c12-11(20)13-4(5(16)1-14)3-21-10-9(19)8(18)7(17)6(2-15)22-10/h4-10,14-19H,1-3H2,(H,13,20)/t4-,5+,6?,7-,8-,9?,10-/m0/s1. The molecular weight excluding hydrogens is 417 g/mol. The number of hydrogen-bond donors (Lipinski definition) is 7. The van der Waals surface area contributed by atoms with Gasteiger partial charge in [-0.1, -0.05) is 0 Å². The first-order chi connectivity index (χ1) is 10.3. The summed E-state index contributed by atoms with van der Waals surface area (Å²) in [5.74, 6) is 0. The lowest BCUT2D eigenvalue weighted by Gasteiger charge is -2.40. The minimum Gasteiger partial charge on any atom is -0.394 e. The maximum Gasteiger partial charge on any atom is 0.281 e. The second-order valence-electron chi connectivity index (χ2n) is 4.81. The molecule has 7 atom stereocenters. The van der Waals surface area contributed by atoms with Crippen molar-refractivity contribution in [2.24, 2.45) is 0 Å². The van der Waals surface area contributed by atoms with E-state index in [-0.39, 0.29) is 6.61 Å². The van der Waals surface area contributed by atoms with Crippen molar-refractivity contribution >= 4 is 26.5 Å². The van der Waals surface area contributed by atoms with Gasteiger partial charge in [0.05, 0.1) is 32.0 Å². The van der Waals surface area contributed by atoms with Crippen molar-refractivity contribution in [2.75, 3.05) is 19.8 Å². The summed E-state index contributed by atoms with van der Waals surface area (Å²) in [5, 5.41) is 58.9. The molecule has 0 saturated carbocycles. The Labute approximate surface area is 139 Å². The molecule has 0 radical (unpaired) electrons. The van der Waals surface area contributed by atoms with Gasteiger partial charge in [0.15, 0.2) is 6.29 Å². The lowest BCUT2D eigenvalue weighted by molar-refractivity contribution is -0.302. The van der Waals surface area contributed by atoms with Gasteiger partial charge in [-0.2, -0.15) is 0 Å². The molecule has 10 nitrogen and oxygen atoms in total.